The quantitative estimate of drug-likeness (QED) is 0.0295. The second kappa shape index (κ2) is 32.9. The Labute approximate surface area is 591 Å². The average Bonchev–Trinajstić information content (AvgIpc) is 0.702. The van der Waals surface area contributed by atoms with E-state index in [2.05, 4.69) is 9.97 Å². The minimum absolute atomic E-state index is 0.00493. The molecule has 8 aromatic rings. The van der Waals surface area contributed by atoms with Crippen LogP contribution in [-0.2, 0) is 85.2 Å². The zero-order valence-corrected chi connectivity index (χ0v) is 54.6. The van der Waals surface area contributed by atoms with Gasteiger partial charge in [0.2, 0.25) is 11.8 Å². The number of hydrogen-bond acceptors (Lipinski definition) is 10. The summed E-state index contributed by atoms with van der Waals surface area (Å²) in [5.74, 6) is -4.19. The van der Waals surface area contributed by atoms with Crippen molar-refractivity contribution in [2.24, 2.45) is 0 Å². The number of rotatable bonds is 26. The summed E-state index contributed by atoms with van der Waals surface area (Å²) in [6, 6.07) is 13.8. The predicted molar refractivity (Wildman–Crippen MR) is 363 cm³/mol. The van der Waals surface area contributed by atoms with Crippen molar-refractivity contribution in [1.82, 2.24) is 38.7 Å². The summed E-state index contributed by atoms with van der Waals surface area (Å²) >= 11 is 1.73. The lowest BCUT2D eigenvalue weighted by molar-refractivity contribution is -0.138. The monoisotopic (exact) mass is 1380 g/mol. The molecule has 0 bridgehead atoms. The van der Waals surface area contributed by atoms with Crippen LogP contribution in [0.3, 0.4) is 0 Å². The van der Waals surface area contributed by atoms with Gasteiger partial charge in [-0.05, 0) is 183 Å². The average molecular weight is 1380 g/mol. The van der Waals surface area contributed by atoms with Crippen LogP contribution in [0.25, 0.3) is 22.3 Å². The maximum absolute atomic E-state index is 15.1. The van der Waals surface area contributed by atoms with Gasteiger partial charge in [0.25, 0.3) is 11.1 Å². The van der Waals surface area contributed by atoms with Gasteiger partial charge in [-0.3, -0.25) is 19.2 Å². The molecule has 2 aromatic heterocycles. The Hall–Kier alpha value is -7.92. The fraction of sp³-hybridized carbons (Fsp3) is 0.378. The van der Waals surface area contributed by atoms with E-state index in [1.807, 2.05) is 0 Å². The van der Waals surface area contributed by atoms with E-state index in [0.717, 1.165) is 110 Å². The molecular formula is C74H80F8N8O4S2. The summed E-state index contributed by atoms with van der Waals surface area (Å²) in [5.41, 5.74) is -3.23. The summed E-state index contributed by atoms with van der Waals surface area (Å²) in [6.07, 6.45) is -7.83. The molecular weight excluding hydrogens is 1280 g/mol. The SMILES string of the molecule is [2H]c1c([2H])c(-c2ccc(C(F)(F)F)cc2)c(C)c([2H])c1CN(CCN(C([2H])([2H])C)C([2H])([2H])C)C(=O)C([2H])([2H])n1c(SCc2ccc(F)cc2)nc(=O)c2c1CCC2.[2H]c1c([2H])c(C([2H])([2H])N(C(=O)C([2H])([2H])n2c(SCc3ccc(F)cc3)nc(=O)c3c2CCC3)C([2H])([2H])C([2H])([2H])N(CC)CC)c([2H])c(C)c1-c1ccc(C(F)(F)F)cc1. The molecule has 0 saturated carbocycles. The molecule has 0 saturated heterocycles. The normalized spacial score (nSPS) is 16.9. The molecule has 0 N–H and O–H groups in total. The van der Waals surface area contributed by atoms with Crippen LogP contribution >= 0.6 is 23.5 Å². The number of hydrogen-bond donors (Lipinski definition) is 0. The van der Waals surface area contributed by atoms with Crippen molar-refractivity contribution >= 4 is 35.3 Å². The molecule has 0 atom stereocenters. The van der Waals surface area contributed by atoms with Crippen LogP contribution in [0.5, 0.6) is 0 Å². The maximum atomic E-state index is 15.1. The van der Waals surface area contributed by atoms with Crippen LogP contribution in [0.4, 0.5) is 35.1 Å². The number of carbonyl (C=O) groups excluding carboxylic acids is 2. The number of thioether (sulfide) groups is 2. The number of amides is 2. The summed E-state index contributed by atoms with van der Waals surface area (Å²) in [6.45, 7) is -16.2. The van der Waals surface area contributed by atoms with E-state index in [0.29, 0.717) is 24.0 Å². The van der Waals surface area contributed by atoms with Gasteiger partial charge in [0, 0.05) is 81.4 Å². The van der Waals surface area contributed by atoms with E-state index < -0.39 is 159 Å². The Bertz CT molecular complexity index is 5080. The first-order valence-electron chi connectivity index (χ1n) is 40.4. The number of fused-ring (bicyclic) bond motifs is 2. The topological polar surface area (TPSA) is 117 Å². The fourth-order valence-corrected chi connectivity index (χ4v) is 12.2. The molecule has 10 rings (SSSR count). The molecule has 12 nitrogen and oxygen atoms in total. The molecule has 6 aromatic carbocycles. The van der Waals surface area contributed by atoms with Crippen molar-refractivity contribution in [2.45, 2.75) is 140 Å². The minimum atomic E-state index is -4.71. The molecule has 508 valence electrons. The molecule has 0 aliphatic heterocycles. The van der Waals surface area contributed by atoms with Gasteiger partial charge in [-0.15, -0.1) is 0 Å². The zero-order chi connectivity index (χ0) is 86.6. The molecule has 2 heterocycles. The van der Waals surface area contributed by atoms with Crippen LogP contribution in [0.1, 0.15) is 135 Å². The van der Waals surface area contributed by atoms with Gasteiger partial charge in [-0.25, -0.2) is 8.78 Å². The zero-order valence-electron chi connectivity index (χ0n) is 73.0. The third-order valence-electron chi connectivity index (χ3n) is 15.5. The largest absolute Gasteiger partial charge is 0.416 e. The smallest absolute Gasteiger partial charge is 0.336 e. The lowest BCUT2D eigenvalue weighted by Crippen LogP contribution is -2.40. The molecule has 2 aliphatic carbocycles. The Kier molecular flexibility index (Phi) is 17.0. The lowest BCUT2D eigenvalue weighted by Gasteiger charge is -2.28. The van der Waals surface area contributed by atoms with Crippen molar-refractivity contribution in [2.75, 3.05) is 52.2 Å². The van der Waals surface area contributed by atoms with Crippen LogP contribution in [0.2, 0.25) is 0 Å². The minimum Gasteiger partial charge on any atom is -0.336 e. The summed E-state index contributed by atoms with van der Waals surface area (Å²) < 4.78 is 288. The van der Waals surface area contributed by atoms with E-state index in [1.165, 1.54) is 76.2 Å². The molecule has 22 heteroatoms. The van der Waals surface area contributed by atoms with E-state index in [1.54, 1.807) is 0 Å². The van der Waals surface area contributed by atoms with Crippen molar-refractivity contribution in [3.8, 4) is 22.3 Å². The second-order valence-corrected chi connectivity index (χ2v) is 23.8. The second-order valence-electron chi connectivity index (χ2n) is 21.9. The number of nitrogens with zero attached hydrogens (tertiary/aromatic N) is 8. The summed E-state index contributed by atoms with van der Waals surface area (Å²) in [7, 11) is 0. The van der Waals surface area contributed by atoms with E-state index >= 15 is 4.79 Å². The molecule has 96 heavy (non-hydrogen) atoms. The number of carbonyl (C=O) groups is 2. The highest BCUT2D eigenvalue weighted by Crippen LogP contribution is 2.35. The third kappa shape index (κ3) is 18.8. The molecule has 0 fully saturated rings. The molecule has 0 unspecified atom stereocenters. The highest BCUT2D eigenvalue weighted by atomic mass is 32.2. The first-order chi connectivity index (χ1) is 53.6. The predicted octanol–water partition coefficient (Wildman–Crippen LogP) is 15.1. The highest BCUT2D eigenvalue weighted by Gasteiger charge is 2.32. The van der Waals surface area contributed by atoms with Crippen LogP contribution in [0, 0.1) is 25.5 Å². The van der Waals surface area contributed by atoms with Gasteiger partial charge in [-0.1, -0.05) is 136 Å². The number of aromatic nitrogens is 4. The fourth-order valence-electron chi connectivity index (χ4n) is 10.4. The first-order valence-corrected chi connectivity index (χ1v) is 32.3. The first kappa shape index (κ1) is 49.6. The standard InChI is InChI=1S/2C37H40F4N4O2S/c2*1-4-43(5-2)19-20-44(22-27-11-18-31(25(3)21-27)28-12-14-29(15-13-28)37(39,40)41)34(46)23-45-33-8-6-7-32(33)35(47)42-36(45)48-24-26-9-16-30(38)17-10-26/h2*9-18,21H,4-8,19-20,22-24H2,1-3H3/i11D,18D,19D2,20D2,21D,22D2,23D2;4D2,5D2,11D,18D,21D,23D2. The van der Waals surface area contributed by atoms with Gasteiger partial charge in [0.1, 0.15) is 24.6 Å². The lowest BCUT2D eigenvalue weighted by atomic mass is 9.97. The van der Waals surface area contributed by atoms with Crippen LogP contribution in [0.15, 0.2) is 153 Å². The number of halogens is 8. The van der Waals surface area contributed by atoms with Gasteiger partial charge in [0.05, 0.1) is 30.3 Å². The van der Waals surface area contributed by atoms with Gasteiger partial charge < -0.3 is 28.7 Å². The Balaban J connectivity index is 0.000000265. The summed E-state index contributed by atoms with van der Waals surface area (Å²) in [4.78, 5) is 66.6. The van der Waals surface area contributed by atoms with E-state index in [4.69, 9.17) is 16.4 Å². The van der Waals surface area contributed by atoms with Crippen LogP contribution < -0.4 is 11.1 Å². The number of likely N-dealkylation sites (N-methyl/N-ethyl adjacent to an activating group) is 2. The highest BCUT2D eigenvalue weighted by molar-refractivity contribution is 7.98. The Morgan fingerprint density at radius 2 is 0.969 bits per heavy atom. The van der Waals surface area contributed by atoms with Gasteiger partial charge in [0.15, 0.2) is 10.3 Å². The summed E-state index contributed by atoms with van der Waals surface area (Å²) in [5, 5.41) is -0.522. The molecule has 2 amide bonds. The number of benzene rings is 6. The van der Waals surface area contributed by atoms with Crippen molar-refractivity contribution < 1.29 is 72.1 Å². The van der Waals surface area contributed by atoms with E-state index in [9.17, 15) is 60.5 Å². The Morgan fingerprint density at radius 3 is 1.40 bits per heavy atom. The third-order valence-corrected chi connectivity index (χ3v) is 17.5. The van der Waals surface area contributed by atoms with Crippen molar-refractivity contribution in [3.63, 3.8) is 0 Å². The van der Waals surface area contributed by atoms with Gasteiger partial charge in [-0.2, -0.15) is 36.3 Å². The molecule has 2 aliphatic rings. The van der Waals surface area contributed by atoms with Crippen molar-refractivity contribution in [1.29, 1.82) is 0 Å². The van der Waals surface area contributed by atoms with Crippen molar-refractivity contribution in [3.05, 3.63) is 233 Å². The van der Waals surface area contributed by atoms with E-state index in [-0.39, 0.29) is 133 Å². The van der Waals surface area contributed by atoms with Crippen LogP contribution in [-0.4, -0.2) is 103 Å². The van der Waals surface area contributed by atoms with Gasteiger partial charge >= 0.3 is 12.4 Å². The maximum Gasteiger partial charge on any atom is 0.416 e. The molecule has 0 spiro atoms. The molecule has 0 radical (unpaired) electrons. The Morgan fingerprint density at radius 1 is 0.542 bits per heavy atom. The number of alkyl halides is 6.